The van der Waals surface area contributed by atoms with Crippen molar-refractivity contribution in [3.05, 3.63) is 84.2 Å². The Morgan fingerprint density at radius 3 is 2.72 bits per heavy atom. The summed E-state index contributed by atoms with van der Waals surface area (Å²) in [5.41, 5.74) is 9.55. The molecule has 4 N–H and O–H groups in total. The van der Waals surface area contributed by atoms with Crippen LogP contribution in [0.15, 0.2) is 72.2 Å². The third kappa shape index (κ3) is 8.15. The van der Waals surface area contributed by atoms with Crippen LogP contribution in [0, 0.1) is 0 Å². The Kier molecular flexibility index (Phi) is 9.73. The van der Waals surface area contributed by atoms with Crippen LogP contribution in [0.5, 0.6) is 0 Å². The van der Waals surface area contributed by atoms with Crippen molar-refractivity contribution in [2.24, 2.45) is 10.7 Å². The van der Waals surface area contributed by atoms with E-state index in [0.717, 1.165) is 56.7 Å². The number of nitrogens with one attached hydrogen (secondary N) is 2. The first-order chi connectivity index (χ1) is 15.7. The molecule has 2 aromatic heterocycles. The zero-order chi connectivity index (χ0) is 22.4. The molecule has 0 aliphatic rings. The summed E-state index contributed by atoms with van der Waals surface area (Å²) in [4.78, 5) is 18.5. The number of aromatic amines is 1. The molecule has 1 atom stereocenters. The number of aromatic nitrogens is 3. The maximum absolute atomic E-state index is 5.98. The Bertz CT molecular complexity index is 855. The highest BCUT2D eigenvalue weighted by Crippen LogP contribution is 2.26. The van der Waals surface area contributed by atoms with E-state index in [0.29, 0.717) is 18.4 Å². The first-order valence-electron chi connectivity index (χ1n) is 11.4. The van der Waals surface area contributed by atoms with E-state index in [4.69, 9.17) is 5.73 Å². The largest absolute Gasteiger partial charge is 0.370 e. The number of rotatable bonds is 13. The second-order valence-electron chi connectivity index (χ2n) is 8.04. The number of nitrogens with two attached hydrogens (primary N) is 1. The van der Waals surface area contributed by atoms with Crippen LogP contribution in [0.3, 0.4) is 0 Å². The predicted octanol–water partition coefficient (Wildman–Crippen LogP) is 3.19. The van der Waals surface area contributed by atoms with Gasteiger partial charge in [0, 0.05) is 42.8 Å². The highest BCUT2D eigenvalue weighted by Gasteiger charge is 2.15. The smallest absolute Gasteiger partial charge is 0.188 e. The number of aliphatic imine (C=N–C) groups is 1. The quantitative estimate of drug-likeness (QED) is 0.219. The Balaban J connectivity index is 1.34. The lowest BCUT2D eigenvalue weighted by Crippen LogP contribution is -2.34. The van der Waals surface area contributed by atoms with Crippen molar-refractivity contribution in [1.82, 2.24) is 25.2 Å². The van der Waals surface area contributed by atoms with Crippen LogP contribution in [-0.4, -0.2) is 59.0 Å². The van der Waals surface area contributed by atoms with Crippen LogP contribution in [0.2, 0.25) is 0 Å². The maximum Gasteiger partial charge on any atom is 0.188 e. The average Bonchev–Trinajstić information content (AvgIpc) is 3.35. The number of aryl methyl sites for hydroxylation is 1. The third-order valence-electron chi connectivity index (χ3n) is 5.51. The summed E-state index contributed by atoms with van der Waals surface area (Å²) in [7, 11) is 2.17. The van der Waals surface area contributed by atoms with Gasteiger partial charge in [-0.3, -0.25) is 9.98 Å². The standard InChI is InChI=1S/C25H35N7/c1-32(17-8-16-30-25(26)29-15-7-11-22-19-27-20-31-22)18-13-23(21-9-3-2-4-10-21)24-12-5-6-14-28-24/h2-6,9-10,12,14,19-20,23H,7-8,11,13,15-18H2,1H3,(H,27,31)(H3,26,29,30). The maximum atomic E-state index is 5.98. The fourth-order valence-corrected chi connectivity index (χ4v) is 3.73. The summed E-state index contributed by atoms with van der Waals surface area (Å²) in [6.07, 6.45) is 9.36. The summed E-state index contributed by atoms with van der Waals surface area (Å²) in [6.45, 7) is 3.55. The van der Waals surface area contributed by atoms with E-state index >= 15 is 0 Å². The minimum atomic E-state index is 0.308. The van der Waals surface area contributed by atoms with Crippen molar-refractivity contribution in [2.45, 2.75) is 31.6 Å². The number of pyridine rings is 1. The Hall–Kier alpha value is -3.19. The van der Waals surface area contributed by atoms with Gasteiger partial charge in [-0.1, -0.05) is 36.4 Å². The van der Waals surface area contributed by atoms with Crippen molar-refractivity contribution in [3.8, 4) is 0 Å². The van der Waals surface area contributed by atoms with Crippen molar-refractivity contribution in [2.75, 3.05) is 33.2 Å². The van der Waals surface area contributed by atoms with Crippen LogP contribution >= 0.6 is 0 Å². The van der Waals surface area contributed by atoms with Gasteiger partial charge in [0.15, 0.2) is 5.96 Å². The molecule has 7 nitrogen and oxygen atoms in total. The van der Waals surface area contributed by atoms with E-state index in [1.807, 2.05) is 18.5 Å². The van der Waals surface area contributed by atoms with Gasteiger partial charge >= 0.3 is 0 Å². The second kappa shape index (κ2) is 13.3. The molecule has 0 amide bonds. The van der Waals surface area contributed by atoms with Gasteiger partial charge in [-0.05, 0) is 63.5 Å². The predicted molar refractivity (Wildman–Crippen MR) is 131 cm³/mol. The van der Waals surface area contributed by atoms with Crippen molar-refractivity contribution in [1.29, 1.82) is 0 Å². The Morgan fingerprint density at radius 1 is 1.12 bits per heavy atom. The summed E-state index contributed by atoms with van der Waals surface area (Å²) in [6, 6.07) is 16.8. The van der Waals surface area contributed by atoms with Crippen molar-refractivity contribution >= 4 is 5.96 Å². The SMILES string of the molecule is CN(CCCNC(N)=NCCCc1cnc[nH]1)CCC(c1ccccc1)c1ccccn1. The molecule has 1 unspecified atom stereocenters. The molecule has 0 bridgehead atoms. The lowest BCUT2D eigenvalue weighted by Gasteiger charge is -2.22. The minimum absolute atomic E-state index is 0.308. The molecule has 2 heterocycles. The van der Waals surface area contributed by atoms with E-state index in [-0.39, 0.29) is 0 Å². The summed E-state index contributed by atoms with van der Waals surface area (Å²) in [5.74, 6) is 0.832. The van der Waals surface area contributed by atoms with Crippen LogP contribution in [-0.2, 0) is 6.42 Å². The van der Waals surface area contributed by atoms with Crippen LogP contribution < -0.4 is 11.1 Å². The first kappa shape index (κ1) is 23.5. The molecule has 170 valence electrons. The summed E-state index contributed by atoms with van der Waals surface area (Å²) in [5, 5.41) is 3.22. The van der Waals surface area contributed by atoms with Gasteiger partial charge < -0.3 is 20.9 Å². The van der Waals surface area contributed by atoms with Gasteiger partial charge in [-0.15, -0.1) is 0 Å². The first-order valence-corrected chi connectivity index (χ1v) is 11.4. The van der Waals surface area contributed by atoms with E-state index < -0.39 is 0 Å². The van der Waals surface area contributed by atoms with Crippen molar-refractivity contribution in [3.63, 3.8) is 0 Å². The van der Waals surface area contributed by atoms with Gasteiger partial charge in [-0.25, -0.2) is 4.98 Å². The van der Waals surface area contributed by atoms with Crippen LogP contribution in [0.25, 0.3) is 0 Å². The normalized spacial score (nSPS) is 12.8. The van der Waals surface area contributed by atoms with Gasteiger partial charge in [-0.2, -0.15) is 0 Å². The molecule has 1 aromatic carbocycles. The lowest BCUT2D eigenvalue weighted by atomic mass is 9.92. The van der Waals surface area contributed by atoms with Gasteiger partial charge in [0.2, 0.25) is 0 Å². The molecular formula is C25H35N7. The Morgan fingerprint density at radius 2 is 1.97 bits per heavy atom. The average molecular weight is 434 g/mol. The molecule has 0 saturated heterocycles. The molecule has 0 radical (unpaired) electrons. The van der Waals surface area contributed by atoms with E-state index in [9.17, 15) is 0 Å². The molecule has 3 rings (SSSR count). The molecule has 0 fully saturated rings. The topological polar surface area (TPSA) is 95.2 Å². The van der Waals surface area contributed by atoms with Gasteiger partial charge in [0.05, 0.1) is 6.33 Å². The highest BCUT2D eigenvalue weighted by molar-refractivity contribution is 5.77. The van der Waals surface area contributed by atoms with Gasteiger partial charge in [0.25, 0.3) is 0 Å². The fourth-order valence-electron chi connectivity index (χ4n) is 3.73. The number of hydrogen-bond donors (Lipinski definition) is 3. The zero-order valence-electron chi connectivity index (χ0n) is 19.0. The summed E-state index contributed by atoms with van der Waals surface area (Å²) >= 11 is 0. The molecule has 0 spiro atoms. The fraction of sp³-hybridized carbons (Fsp3) is 0.400. The molecule has 0 aliphatic carbocycles. The molecule has 0 aliphatic heterocycles. The van der Waals surface area contributed by atoms with E-state index in [1.165, 1.54) is 5.56 Å². The molecular weight excluding hydrogens is 398 g/mol. The number of guanidine groups is 1. The Labute approximate surface area is 191 Å². The number of hydrogen-bond acceptors (Lipinski definition) is 4. The third-order valence-corrected chi connectivity index (χ3v) is 5.51. The van der Waals surface area contributed by atoms with E-state index in [2.05, 4.69) is 79.7 Å². The number of imidazole rings is 1. The van der Waals surface area contributed by atoms with E-state index in [1.54, 1.807) is 6.33 Å². The number of nitrogens with zero attached hydrogens (tertiary/aromatic N) is 4. The minimum Gasteiger partial charge on any atom is -0.370 e. The molecule has 3 aromatic rings. The lowest BCUT2D eigenvalue weighted by molar-refractivity contribution is 0.318. The monoisotopic (exact) mass is 433 g/mol. The highest BCUT2D eigenvalue weighted by atomic mass is 15.1. The number of benzene rings is 1. The molecule has 7 heteroatoms. The van der Waals surface area contributed by atoms with Crippen LogP contribution in [0.1, 0.15) is 42.1 Å². The zero-order valence-corrected chi connectivity index (χ0v) is 19.0. The molecule has 0 saturated carbocycles. The second-order valence-corrected chi connectivity index (χ2v) is 8.04. The summed E-state index contributed by atoms with van der Waals surface area (Å²) < 4.78 is 0. The van der Waals surface area contributed by atoms with Crippen LogP contribution in [0.4, 0.5) is 0 Å². The molecule has 32 heavy (non-hydrogen) atoms. The van der Waals surface area contributed by atoms with Crippen molar-refractivity contribution < 1.29 is 0 Å². The number of H-pyrrole nitrogens is 1. The van der Waals surface area contributed by atoms with Gasteiger partial charge in [0.1, 0.15) is 0 Å².